The monoisotopic (exact) mass is 282 g/mol. The average Bonchev–Trinajstić information content (AvgIpc) is 2.90. The second-order valence-corrected chi connectivity index (χ2v) is 5.15. The van der Waals surface area contributed by atoms with E-state index in [9.17, 15) is 4.79 Å². The molecule has 0 spiro atoms. The van der Waals surface area contributed by atoms with Gasteiger partial charge < -0.3 is 19.4 Å². The number of rotatable bonds is 6. The summed E-state index contributed by atoms with van der Waals surface area (Å²) in [6, 6.07) is 0. The van der Waals surface area contributed by atoms with Gasteiger partial charge in [-0.1, -0.05) is 0 Å². The van der Waals surface area contributed by atoms with E-state index >= 15 is 0 Å². The quantitative estimate of drug-likeness (QED) is 0.822. The summed E-state index contributed by atoms with van der Waals surface area (Å²) in [5, 5.41) is 10.8. The lowest BCUT2D eigenvalue weighted by Crippen LogP contribution is -2.48. The first-order valence-electron chi connectivity index (χ1n) is 6.93. The van der Waals surface area contributed by atoms with Crippen LogP contribution in [0, 0.1) is 0 Å². The van der Waals surface area contributed by atoms with E-state index in [-0.39, 0.29) is 5.91 Å². The Bertz CT molecular complexity index is 441. The predicted molar refractivity (Wildman–Crippen MR) is 72.0 cm³/mol. The summed E-state index contributed by atoms with van der Waals surface area (Å²) in [7, 11) is 1.65. The molecule has 2 heterocycles. The van der Waals surface area contributed by atoms with Crippen molar-refractivity contribution in [2.75, 3.05) is 20.3 Å². The summed E-state index contributed by atoms with van der Waals surface area (Å²) in [5.74, 6) is 0.633. The Morgan fingerprint density at radius 3 is 3.15 bits per heavy atom. The highest BCUT2D eigenvalue weighted by atomic mass is 16.5. The number of nitrogens with one attached hydrogen (secondary N) is 1. The van der Waals surface area contributed by atoms with Crippen molar-refractivity contribution in [3.63, 3.8) is 0 Å². The zero-order chi connectivity index (χ0) is 14.4. The van der Waals surface area contributed by atoms with Crippen LogP contribution in [0.3, 0.4) is 0 Å². The average molecular weight is 282 g/mol. The largest absolute Gasteiger partial charge is 0.383 e. The molecule has 0 bridgehead atoms. The highest BCUT2D eigenvalue weighted by molar-refractivity contribution is 5.84. The van der Waals surface area contributed by atoms with Gasteiger partial charge >= 0.3 is 0 Å². The normalized spacial score (nSPS) is 22.7. The van der Waals surface area contributed by atoms with Crippen molar-refractivity contribution >= 4 is 5.91 Å². The van der Waals surface area contributed by atoms with Crippen LogP contribution >= 0.6 is 0 Å². The second kappa shape index (κ2) is 6.81. The molecule has 1 fully saturated rings. The zero-order valence-corrected chi connectivity index (χ0v) is 12.1. The van der Waals surface area contributed by atoms with Crippen LogP contribution in [0.5, 0.6) is 0 Å². The summed E-state index contributed by atoms with van der Waals surface area (Å²) in [4.78, 5) is 12.2. The third kappa shape index (κ3) is 3.55. The molecule has 2 rings (SSSR count). The molecule has 1 saturated heterocycles. The zero-order valence-electron chi connectivity index (χ0n) is 12.1. The van der Waals surface area contributed by atoms with Gasteiger partial charge in [0.05, 0.1) is 13.2 Å². The van der Waals surface area contributed by atoms with Crippen molar-refractivity contribution in [1.82, 2.24) is 20.1 Å². The molecule has 7 nitrogen and oxygen atoms in total. The molecule has 112 valence electrons. The number of ether oxygens (including phenoxy) is 2. The fraction of sp³-hybridized carbons (Fsp3) is 0.769. The Kier molecular flexibility index (Phi) is 5.08. The minimum Gasteiger partial charge on any atom is -0.383 e. The van der Waals surface area contributed by atoms with Gasteiger partial charge in [-0.15, -0.1) is 10.2 Å². The highest BCUT2D eigenvalue weighted by Gasteiger charge is 2.35. The summed E-state index contributed by atoms with van der Waals surface area (Å²) in [5.41, 5.74) is -0.713. The number of carbonyl (C=O) groups excluding carboxylic acids is 1. The number of nitrogens with zero attached hydrogens (tertiary/aromatic N) is 3. The lowest BCUT2D eigenvalue weighted by Gasteiger charge is -2.32. The maximum Gasteiger partial charge on any atom is 0.252 e. The summed E-state index contributed by atoms with van der Waals surface area (Å²) >= 11 is 0. The van der Waals surface area contributed by atoms with E-state index in [1.165, 1.54) is 0 Å². The topological polar surface area (TPSA) is 78.3 Å². The maximum absolute atomic E-state index is 12.2. The molecule has 0 aliphatic carbocycles. The van der Waals surface area contributed by atoms with Gasteiger partial charge in [-0.2, -0.15) is 0 Å². The first-order valence-corrected chi connectivity index (χ1v) is 6.93. The van der Waals surface area contributed by atoms with Crippen LogP contribution in [0.2, 0.25) is 0 Å². The third-order valence-electron chi connectivity index (χ3n) is 3.59. The van der Waals surface area contributed by atoms with Crippen molar-refractivity contribution in [2.24, 2.45) is 0 Å². The van der Waals surface area contributed by atoms with E-state index in [1.54, 1.807) is 13.4 Å². The molecular weight excluding hydrogens is 260 g/mol. The van der Waals surface area contributed by atoms with Crippen LogP contribution in [0.25, 0.3) is 0 Å². The van der Waals surface area contributed by atoms with Crippen LogP contribution in [0.4, 0.5) is 0 Å². The SMILES string of the molecule is COCCn1cnnc1CNC(=O)C1(C)CCCCO1. The first-order chi connectivity index (χ1) is 9.65. The second-order valence-electron chi connectivity index (χ2n) is 5.15. The van der Waals surface area contributed by atoms with E-state index in [0.717, 1.165) is 25.1 Å². The van der Waals surface area contributed by atoms with Crippen LogP contribution in [-0.4, -0.2) is 46.6 Å². The molecule has 1 aliphatic rings. The van der Waals surface area contributed by atoms with Gasteiger partial charge in [-0.05, 0) is 26.2 Å². The molecule has 0 radical (unpaired) electrons. The van der Waals surface area contributed by atoms with Crippen molar-refractivity contribution in [2.45, 2.75) is 44.9 Å². The van der Waals surface area contributed by atoms with E-state index in [4.69, 9.17) is 9.47 Å². The Morgan fingerprint density at radius 2 is 2.45 bits per heavy atom. The Balaban J connectivity index is 1.88. The molecule has 1 N–H and O–H groups in total. The standard InChI is InChI=1S/C13H22N4O3/c1-13(5-3-4-7-20-13)12(18)14-9-11-16-15-10-17(11)6-8-19-2/h10H,3-9H2,1-2H3,(H,14,18). The van der Waals surface area contributed by atoms with E-state index in [2.05, 4.69) is 15.5 Å². The van der Waals surface area contributed by atoms with Crippen molar-refractivity contribution in [3.05, 3.63) is 12.2 Å². The van der Waals surface area contributed by atoms with Gasteiger partial charge in [-0.3, -0.25) is 4.79 Å². The molecule has 20 heavy (non-hydrogen) atoms. The number of hydrogen-bond acceptors (Lipinski definition) is 5. The Labute approximate surface area is 118 Å². The minimum absolute atomic E-state index is 0.0847. The molecule has 1 atom stereocenters. The van der Waals surface area contributed by atoms with Gasteiger partial charge in [0.2, 0.25) is 0 Å². The van der Waals surface area contributed by atoms with Crippen molar-refractivity contribution in [3.8, 4) is 0 Å². The molecule has 0 aromatic carbocycles. The van der Waals surface area contributed by atoms with E-state index in [0.29, 0.717) is 26.3 Å². The highest BCUT2D eigenvalue weighted by Crippen LogP contribution is 2.24. The fourth-order valence-corrected chi connectivity index (χ4v) is 2.25. The van der Waals surface area contributed by atoms with Crippen LogP contribution in [0.15, 0.2) is 6.33 Å². The van der Waals surface area contributed by atoms with Crippen LogP contribution in [-0.2, 0) is 27.4 Å². The number of amides is 1. The van der Waals surface area contributed by atoms with Gasteiger partial charge in [-0.25, -0.2) is 0 Å². The number of hydrogen-bond donors (Lipinski definition) is 1. The maximum atomic E-state index is 12.2. The Morgan fingerprint density at radius 1 is 1.60 bits per heavy atom. The number of carbonyl (C=O) groups is 1. The van der Waals surface area contributed by atoms with Gasteiger partial charge in [0, 0.05) is 20.3 Å². The van der Waals surface area contributed by atoms with Gasteiger partial charge in [0.15, 0.2) is 5.82 Å². The molecular formula is C13H22N4O3. The summed E-state index contributed by atoms with van der Waals surface area (Å²) < 4.78 is 12.5. The smallest absolute Gasteiger partial charge is 0.252 e. The minimum atomic E-state index is -0.713. The number of aromatic nitrogens is 3. The lowest BCUT2D eigenvalue weighted by atomic mass is 9.95. The van der Waals surface area contributed by atoms with Crippen LogP contribution in [0.1, 0.15) is 32.0 Å². The van der Waals surface area contributed by atoms with Crippen molar-refractivity contribution in [1.29, 1.82) is 0 Å². The molecule has 1 amide bonds. The van der Waals surface area contributed by atoms with Crippen LogP contribution < -0.4 is 5.32 Å². The molecule has 1 aliphatic heterocycles. The first kappa shape index (κ1) is 14.9. The molecule has 1 unspecified atom stereocenters. The molecule has 1 aromatic rings. The van der Waals surface area contributed by atoms with E-state index in [1.807, 2.05) is 11.5 Å². The summed E-state index contributed by atoms with van der Waals surface area (Å²) in [6.07, 6.45) is 4.44. The lowest BCUT2D eigenvalue weighted by molar-refractivity contribution is -0.150. The Hall–Kier alpha value is -1.47. The van der Waals surface area contributed by atoms with Gasteiger partial charge in [0.25, 0.3) is 5.91 Å². The number of methoxy groups -OCH3 is 1. The predicted octanol–water partition coefficient (Wildman–Crippen LogP) is 0.500. The van der Waals surface area contributed by atoms with Gasteiger partial charge in [0.1, 0.15) is 11.9 Å². The molecule has 1 aromatic heterocycles. The van der Waals surface area contributed by atoms with Crippen molar-refractivity contribution < 1.29 is 14.3 Å². The van der Waals surface area contributed by atoms with E-state index < -0.39 is 5.60 Å². The third-order valence-corrected chi connectivity index (χ3v) is 3.59. The summed E-state index contributed by atoms with van der Waals surface area (Å²) in [6.45, 7) is 4.09. The molecule has 7 heteroatoms. The fourth-order valence-electron chi connectivity index (χ4n) is 2.25. The molecule has 0 saturated carbocycles.